The fourth-order valence-electron chi connectivity index (χ4n) is 1.97. The van der Waals surface area contributed by atoms with Crippen LogP contribution in [0.25, 0.3) is 0 Å². The number of methoxy groups -OCH3 is 1. The van der Waals surface area contributed by atoms with E-state index in [2.05, 4.69) is 0 Å². The first-order valence-electron chi connectivity index (χ1n) is 5.29. The zero-order chi connectivity index (χ0) is 11.5. The van der Waals surface area contributed by atoms with Crippen LogP contribution in [0.5, 0.6) is 5.75 Å². The van der Waals surface area contributed by atoms with E-state index in [1.807, 2.05) is 18.2 Å². The highest BCUT2D eigenvalue weighted by Crippen LogP contribution is 2.31. The lowest BCUT2D eigenvalue weighted by Gasteiger charge is -2.15. The molecule has 2 rings (SSSR count). The zero-order valence-electron chi connectivity index (χ0n) is 9.15. The monoisotopic (exact) mass is 258 g/mol. The van der Waals surface area contributed by atoms with Crippen LogP contribution in [0, 0.1) is 5.92 Å². The first kappa shape index (κ1) is 12.1. The summed E-state index contributed by atoms with van der Waals surface area (Å²) in [5, 5.41) is 10.5. The summed E-state index contributed by atoms with van der Waals surface area (Å²) in [5.41, 5.74) is 1.08. The fourth-order valence-corrected chi connectivity index (χ4v) is 3.46. The van der Waals surface area contributed by atoms with Gasteiger partial charge >= 0.3 is 0 Å². The Labute approximate surface area is 105 Å². The van der Waals surface area contributed by atoms with Crippen molar-refractivity contribution < 1.29 is 9.84 Å². The average Bonchev–Trinajstić information content (AvgIpc) is 2.65. The molecular weight excluding hydrogens is 244 g/mol. The van der Waals surface area contributed by atoms with Gasteiger partial charge in [-0.3, -0.25) is 0 Å². The van der Waals surface area contributed by atoms with Crippen molar-refractivity contribution in [3.05, 3.63) is 28.8 Å². The lowest BCUT2D eigenvalue weighted by atomic mass is 9.96. The van der Waals surface area contributed by atoms with Gasteiger partial charge in [0, 0.05) is 10.8 Å². The third-order valence-corrected chi connectivity index (χ3v) is 4.37. The van der Waals surface area contributed by atoms with Gasteiger partial charge in [-0.2, -0.15) is 11.8 Å². The summed E-state index contributed by atoms with van der Waals surface area (Å²) in [6.07, 6.45) is 0.631. The normalized spacial score (nSPS) is 24.7. The molecule has 0 spiro atoms. The number of aliphatic hydroxyl groups excluding tert-OH is 1. The SMILES string of the molecule is COc1ccc(Cl)cc1CC1CSCC1O. The second kappa shape index (κ2) is 5.30. The van der Waals surface area contributed by atoms with Gasteiger partial charge in [-0.1, -0.05) is 11.6 Å². The van der Waals surface area contributed by atoms with E-state index >= 15 is 0 Å². The third-order valence-electron chi connectivity index (χ3n) is 2.89. The van der Waals surface area contributed by atoms with Gasteiger partial charge in [0.2, 0.25) is 0 Å². The predicted molar refractivity (Wildman–Crippen MR) is 68.5 cm³/mol. The third kappa shape index (κ3) is 2.65. The van der Waals surface area contributed by atoms with Crippen LogP contribution in [-0.2, 0) is 6.42 Å². The molecule has 2 unspecified atom stereocenters. The Kier molecular flexibility index (Phi) is 4.00. The number of thioether (sulfide) groups is 1. The highest BCUT2D eigenvalue weighted by molar-refractivity contribution is 7.99. The molecule has 0 radical (unpaired) electrons. The number of benzene rings is 1. The number of ether oxygens (including phenoxy) is 1. The molecule has 0 amide bonds. The Balaban J connectivity index is 2.16. The Bertz CT molecular complexity index is 370. The van der Waals surface area contributed by atoms with Gasteiger partial charge in [0.1, 0.15) is 5.75 Å². The van der Waals surface area contributed by atoms with Crippen molar-refractivity contribution in [3.63, 3.8) is 0 Å². The summed E-state index contributed by atoms with van der Waals surface area (Å²) >= 11 is 7.78. The van der Waals surface area contributed by atoms with E-state index in [1.165, 1.54) is 0 Å². The van der Waals surface area contributed by atoms with Crippen molar-refractivity contribution in [3.8, 4) is 5.75 Å². The largest absolute Gasteiger partial charge is 0.496 e. The van der Waals surface area contributed by atoms with Crippen LogP contribution < -0.4 is 4.74 Å². The number of rotatable bonds is 3. The topological polar surface area (TPSA) is 29.5 Å². The minimum atomic E-state index is -0.200. The van der Waals surface area contributed by atoms with Gasteiger partial charge in [0.15, 0.2) is 0 Å². The molecule has 1 saturated heterocycles. The van der Waals surface area contributed by atoms with Crippen molar-refractivity contribution in [1.29, 1.82) is 0 Å². The maximum Gasteiger partial charge on any atom is 0.122 e. The van der Waals surface area contributed by atoms with Crippen LogP contribution in [0.2, 0.25) is 5.02 Å². The highest BCUT2D eigenvalue weighted by Gasteiger charge is 2.26. The van der Waals surface area contributed by atoms with Crippen molar-refractivity contribution in [2.45, 2.75) is 12.5 Å². The molecule has 0 saturated carbocycles. The second-order valence-corrected chi connectivity index (χ2v) is 5.54. The number of halogens is 1. The van der Waals surface area contributed by atoms with Crippen LogP contribution in [0.15, 0.2) is 18.2 Å². The summed E-state index contributed by atoms with van der Waals surface area (Å²) in [7, 11) is 1.66. The van der Waals surface area contributed by atoms with Gasteiger partial charge in [-0.05, 0) is 41.9 Å². The summed E-state index contributed by atoms with van der Waals surface area (Å²) in [6.45, 7) is 0. The smallest absolute Gasteiger partial charge is 0.122 e. The van der Waals surface area contributed by atoms with Gasteiger partial charge in [0.05, 0.1) is 13.2 Å². The van der Waals surface area contributed by atoms with Gasteiger partial charge < -0.3 is 9.84 Å². The minimum absolute atomic E-state index is 0.200. The van der Waals surface area contributed by atoms with E-state index in [0.29, 0.717) is 5.92 Å². The Morgan fingerprint density at radius 1 is 1.50 bits per heavy atom. The van der Waals surface area contributed by atoms with Crippen LogP contribution in [0.3, 0.4) is 0 Å². The number of aliphatic hydroxyl groups is 1. The van der Waals surface area contributed by atoms with Crippen LogP contribution in [0.1, 0.15) is 5.56 Å². The second-order valence-electron chi connectivity index (χ2n) is 4.03. The van der Waals surface area contributed by atoms with Crippen LogP contribution in [-0.4, -0.2) is 29.8 Å². The molecule has 1 aliphatic heterocycles. The molecule has 1 N–H and O–H groups in total. The Morgan fingerprint density at radius 3 is 2.94 bits per heavy atom. The molecule has 2 nitrogen and oxygen atoms in total. The molecule has 1 aliphatic rings. The molecular formula is C12H15ClO2S. The summed E-state index contributed by atoms with van der Waals surface area (Å²) in [6, 6.07) is 5.63. The van der Waals surface area contributed by atoms with E-state index in [0.717, 1.165) is 34.3 Å². The minimum Gasteiger partial charge on any atom is -0.496 e. The van der Waals surface area contributed by atoms with Crippen molar-refractivity contribution in [2.24, 2.45) is 5.92 Å². The maximum absolute atomic E-state index is 9.79. The van der Waals surface area contributed by atoms with Crippen molar-refractivity contribution in [1.82, 2.24) is 0 Å². The average molecular weight is 259 g/mol. The quantitative estimate of drug-likeness (QED) is 0.904. The number of hydrogen-bond donors (Lipinski definition) is 1. The van der Waals surface area contributed by atoms with E-state index in [-0.39, 0.29) is 6.10 Å². The summed E-state index contributed by atoms with van der Waals surface area (Å²) in [5.74, 6) is 3.02. The molecule has 2 atom stereocenters. The Hall–Kier alpha value is -0.380. The van der Waals surface area contributed by atoms with Crippen LogP contribution in [0.4, 0.5) is 0 Å². The Morgan fingerprint density at radius 2 is 2.31 bits per heavy atom. The zero-order valence-corrected chi connectivity index (χ0v) is 10.7. The summed E-state index contributed by atoms with van der Waals surface area (Å²) < 4.78 is 5.30. The molecule has 1 aromatic rings. The van der Waals surface area contributed by atoms with E-state index < -0.39 is 0 Å². The lowest BCUT2D eigenvalue weighted by molar-refractivity contribution is 0.149. The van der Waals surface area contributed by atoms with E-state index in [4.69, 9.17) is 16.3 Å². The van der Waals surface area contributed by atoms with Gasteiger partial charge in [-0.15, -0.1) is 0 Å². The molecule has 1 fully saturated rings. The van der Waals surface area contributed by atoms with Crippen LogP contribution >= 0.6 is 23.4 Å². The lowest BCUT2D eigenvalue weighted by Crippen LogP contribution is -2.20. The number of hydrogen-bond acceptors (Lipinski definition) is 3. The highest BCUT2D eigenvalue weighted by atomic mass is 35.5. The fraction of sp³-hybridized carbons (Fsp3) is 0.500. The predicted octanol–water partition coefficient (Wildman–Crippen LogP) is 2.62. The maximum atomic E-state index is 9.79. The molecule has 88 valence electrons. The summed E-state index contributed by atoms with van der Waals surface area (Å²) in [4.78, 5) is 0. The molecule has 0 bridgehead atoms. The molecule has 1 aromatic carbocycles. The molecule has 1 heterocycles. The molecule has 0 aromatic heterocycles. The molecule has 16 heavy (non-hydrogen) atoms. The first-order chi connectivity index (χ1) is 7.70. The first-order valence-corrected chi connectivity index (χ1v) is 6.82. The van der Waals surface area contributed by atoms with Gasteiger partial charge in [-0.25, -0.2) is 0 Å². The van der Waals surface area contributed by atoms with E-state index in [1.54, 1.807) is 18.9 Å². The van der Waals surface area contributed by atoms with E-state index in [9.17, 15) is 5.11 Å². The van der Waals surface area contributed by atoms with Crippen molar-refractivity contribution in [2.75, 3.05) is 18.6 Å². The standard InChI is InChI=1S/C12H15ClO2S/c1-15-12-3-2-10(13)5-8(12)4-9-6-16-7-11(9)14/h2-3,5,9,11,14H,4,6-7H2,1H3. The molecule has 4 heteroatoms. The molecule has 0 aliphatic carbocycles. The van der Waals surface area contributed by atoms with Crippen molar-refractivity contribution >= 4 is 23.4 Å². The van der Waals surface area contributed by atoms with Gasteiger partial charge in [0.25, 0.3) is 0 Å².